The largest absolute Gasteiger partial charge is 0.427 e. The predicted octanol–water partition coefficient (Wildman–Crippen LogP) is 7.47. The Kier molecular flexibility index (Phi) is 5.42. The number of cyclic esters (lactones) is 2. The van der Waals surface area contributed by atoms with Gasteiger partial charge in [-0.05, 0) is 93.1 Å². The second kappa shape index (κ2) is 8.46. The molecule has 2 heterocycles. The topological polar surface area (TPSA) is 52.6 Å². The smallest absolute Gasteiger partial charge is 0.340 e. The molecule has 4 fully saturated rings. The van der Waals surface area contributed by atoms with E-state index in [1.165, 1.54) is 57.8 Å². The molecule has 4 unspecified atom stereocenters. The monoisotopic (exact) mass is 488 g/mol. The number of esters is 2. The average molecular weight is 489 g/mol. The lowest BCUT2D eigenvalue weighted by molar-refractivity contribution is -0.135. The van der Waals surface area contributed by atoms with Gasteiger partial charge in [0.1, 0.15) is 11.5 Å². The Labute approximate surface area is 215 Å². The Bertz CT molecular complexity index is 1110. The number of fused-ring (bicyclic) bond motifs is 1. The second-order valence-corrected chi connectivity index (χ2v) is 12.8. The van der Waals surface area contributed by atoms with E-state index in [1.54, 1.807) is 0 Å². The highest BCUT2D eigenvalue weighted by atomic mass is 16.5. The number of hydrogen-bond acceptors (Lipinski definition) is 4. The van der Waals surface area contributed by atoms with Crippen molar-refractivity contribution in [1.82, 2.24) is 0 Å². The molecule has 8 rings (SSSR count). The van der Waals surface area contributed by atoms with Crippen LogP contribution in [0.3, 0.4) is 0 Å². The minimum Gasteiger partial charge on any atom is -0.427 e. The maximum Gasteiger partial charge on any atom is 0.340 e. The maximum atomic E-state index is 13.6. The first-order valence-electron chi connectivity index (χ1n) is 14.9. The van der Waals surface area contributed by atoms with Crippen LogP contribution >= 0.6 is 0 Å². The standard InChI is InChI=1S/C32H40O4/c1-2-31(15-5-6-16-31)19-25-23-13-12-22-21-14-17-32(28(22)27(23)30(34)35-25)24(18-21)29(33)36-26(32)11-7-10-20-8-3-4-9-20/h11,18-22,28H,2-10,12-17H2,1H3. The third kappa shape index (κ3) is 3.24. The summed E-state index contributed by atoms with van der Waals surface area (Å²) in [4.78, 5) is 26.8. The summed E-state index contributed by atoms with van der Waals surface area (Å²) in [6, 6.07) is 0. The summed E-state index contributed by atoms with van der Waals surface area (Å²) < 4.78 is 12.2. The summed E-state index contributed by atoms with van der Waals surface area (Å²) in [5, 5.41) is 0. The number of carbonyl (C=O) groups is 2. The summed E-state index contributed by atoms with van der Waals surface area (Å²) in [6.45, 7) is 2.27. The summed E-state index contributed by atoms with van der Waals surface area (Å²) in [6.07, 6.45) is 24.3. The summed E-state index contributed by atoms with van der Waals surface area (Å²) in [5.41, 5.74) is 2.58. The van der Waals surface area contributed by atoms with Gasteiger partial charge in [0.25, 0.3) is 0 Å². The first kappa shape index (κ1) is 23.0. The molecule has 0 N–H and O–H groups in total. The molecule has 0 aromatic heterocycles. The first-order chi connectivity index (χ1) is 17.5. The van der Waals surface area contributed by atoms with Crippen molar-refractivity contribution in [2.45, 2.75) is 103 Å². The minimum atomic E-state index is -0.461. The van der Waals surface area contributed by atoms with Crippen molar-refractivity contribution < 1.29 is 19.1 Å². The Morgan fingerprint density at radius 3 is 2.56 bits per heavy atom. The molecule has 2 aliphatic heterocycles. The number of hydrogen-bond donors (Lipinski definition) is 0. The highest BCUT2D eigenvalue weighted by molar-refractivity contribution is 5.99. The van der Waals surface area contributed by atoms with Crippen molar-refractivity contribution in [3.63, 3.8) is 0 Å². The average Bonchev–Trinajstić information content (AvgIpc) is 3.69. The molecule has 1 saturated heterocycles. The molecule has 3 saturated carbocycles. The van der Waals surface area contributed by atoms with E-state index < -0.39 is 5.41 Å². The Balaban J connectivity index is 1.29. The van der Waals surface area contributed by atoms with Crippen LogP contribution in [0.25, 0.3) is 0 Å². The predicted molar refractivity (Wildman–Crippen MR) is 137 cm³/mol. The van der Waals surface area contributed by atoms with Gasteiger partial charge in [-0.1, -0.05) is 51.5 Å². The zero-order valence-electron chi connectivity index (χ0n) is 21.8. The van der Waals surface area contributed by atoms with Crippen LogP contribution in [0.15, 0.2) is 46.5 Å². The fraction of sp³-hybridized carbons (Fsp3) is 0.688. The minimum absolute atomic E-state index is 0.0173. The molecule has 2 bridgehead atoms. The van der Waals surface area contributed by atoms with Crippen molar-refractivity contribution in [3.05, 3.63) is 46.5 Å². The van der Waals surface area contributed by atoms with E-state index in [0.29, 0.717) is 11.8 Å². The Morgan fingerprint density at radius 1 is 0.972 bits per heavy atom. The summed E-state index contributed by atoms with van der Waals surface area (Å²) in [5.74, 6) is 2.96. The summed E-state index contributed by atoms with van der Waals surface area (Å²) in [7, 11) is 0. The van der Waals surface area contributed by atoms with E-state index in [1.807, 2.05) is 0 Å². The van der Waals surface area contributed by atoms with Crippen LogP contribution < -0.4 is 0 Å². The molecule has 192 valence electrons. The highest BCUT2D eigenvalue weighted by Gasteiger charge is 2.66. The highest BCUT2D eigenvalue weighted by Crippen LogP contribution is 2.68. The molecule has 4 heteroatoms. The quantitative estimate of drug-likeness (QED) is 0.377. The lowest BCUT2D eigenvalue weighted by Crippen LogP contribution is -2.50. The van der Waals surface area contributed by atoms with Gasteiger partial charge in [-0.2, -0.15) is 0 Å². The molecule has 0 aromatic rings. The van der Waals surface area contributed by atoms with Crippen LogP contribution in [0, 0.1) is 34.5 Å². The summed E-state index contributed by atoms with van der Waals surface area (Å²) >= 11 is 0. The fourth-order valence-corrected chi connectivity index (χ4v) is 9.40. The van der Waals surface area contributed by atoms with Crippen LogP contribution in [0.2, 0.25) is 0 Å². The van der Waals surface area contributed by atoms with E-state index in [0.717, 1.165) is 72.7 Å². The zero-order chi connectivity index (χ0) is 24.5. The molecular weight excluding hydrogens is 448 g/mol. The molecule has 1 spiro atoms. The van der Waals surface area contributed by atoms with E-state index in [4.69, 9.17) is 9.47 Å². The van der Waals surface area contributed by atoms with Gasteiger partial charge in [0.05, 0.1) is 5.41 Å². The van der Waals surface area contributed by atoms with E-state index in [-0.39, 0.29) is 23.3 Å². The number of ether oxygens (including phenoxy) is 2. The molecule has 4 atom stereocenters. The van der Waals surface area contributed by atoms with Crippen molar-refractivity contribution in [3.8, 4) is 0 Å². The molecule has 0 amide bonds. The van der Waals surface area contributed by atoms with Crippen LogP contribution in [-0.4, -0.2) is 11.9 Å². The molecule has 0 radical (unpaired) electrons. The molecule has 0 aromatic carbocycles. The van der Waals surface area contributed by atoms with Gasteiger partial charge < -0.3 is 9.47 Å². The van der Waals surface area contributed by atoms with Gasteiger partial charge in [-0.15, -0.1) is 0 Å². The third-order valence-corrected chi connectivity index (χ3v) is 11.3. The second-order valence-electron chi connectivity index (χ2n) is 12.8. The normalized spacial score (nSPS) is 38.9. The van der Waals surface area contributed by atoms with Crippen molar-refractivity contribution >= 4 is 11.9 Å². The van der Waals surface area contributed by atoms with E-state index in [9.17, 15) is 9.59 Å². The molecule has 36 heavy (non-hydrogen) atoms. The Morgan fingerprint density at radius 2 is 1.78 bits per heavy atom. The van der Waals surface area contributed by atoms with Gasteiger partial charge in [-0.3, -0.25) is 0 Å². The van der Waals surface area contributed by atoms with Crippen molar-refractivity contribution in [2.24, 2.45) is 34.5 Å². The number of carbonyl (C=O) groups excluding carboxylic acids is 2. The number of rotatable bonds is 5. The van der Waals surface area contributed by atoms with Crippen molar-refractivity contribution in [1.29, 1.82) is 0 Å². The SMILES string of the molecule is CCC1(C=C2OC(=O)C3=C2CCC2C4C=C5C(=O)OC(=CCCC6CCCC6)C5(CC4)C32)CCCC1. The lowest BCUT2D eigenvalue weighted by Gasteiger charge is -2.54. The molecular formula is C32H40O4. The zero-order valence-corrected chi connectivity index (χ0v) is 21.8. The van der Waals surface area contributed by atoms with Gasteiger partial charge >= 0.3 is 11.9 Å². The number of allylic oxidation sites excluding steroid dienone is 5. The van der Waals surface area contributed by atoms with Crippen molar-refractivity contribution in [2.75, 3.05) is 0 Å². The molecule has 6 aliphatic carbocycles. The lowest BCUT2D eigenvalue weighted by atomic mass is 9.47. The van der Waals surface area contributed by atoms with Crippen LogP contribution in [0.1, 0.15) is 103 Å². The van der Waals surface area contributed by atoms with Crippen LogP contribution in [0.4, 0.5) is 0 Å². The van der Waals surface area contributed by atoms with Gasteiger partial charge in [0.15, 0.2) is 0 Å². The molecule has 4 nitrogen and oxygen atoms in total. The van der Waals surface area contributed by atoms with Gasteiger partial charge in [0.2, 0.25) is 0 Å². The first-order valence-corrected chi connectivity index (χ1v) is 14.9. The van der Waals surface area contributed by atoms with E-state index >= 15 is 0 Å². The Hall–Kier alpha value is -2.10. The van der Waals surface area contributed by atoms with Crippen LogP contribution in [0.5, 0.6) is 0 Å². The third-order valence-electron chi connectivity index (χ3n) is 11.3. The maximum absolute atomic E-state index is 13.6. The fourth-order valence-electron chi connectivity index (χ4n) is 9.40. The van der Waals surface area contributed by atoms with E-state index in [2.05, 4.69) is 25.2 Å². The molecule has 8 aliphatic rings. The van der Waals surface area contributed by atoms with Crippen LogP contribution in [-0.2, 0) is 19.1 Å². The van der Waals surface area contributed by atoms with Gasteiger partial charge in [-0.25, -0.2) is 9.59 Å². The van der Waals surface area contributed by atoms with Gasteiger partial charge in [0, 0.05) is 22.6 Å².